The van der Waals surface area contributed by atoms with E-state index >= 15 is 0 Å². The molecule has 4 nitrogen and oxygen atoms in total. The van der Waals surface area contributed by atoms with Crippen LogP contribution in [0.3, 0.4) is 0 Å². The maximum absolute atomic E-state index is 5.04. The van der Waals surface area contributed by atoms with E-state index in [4.69, 9.17) is 15.0 Å². The van der Waals surface area contributed by atoms with Crippen molar-refractivity contribution in [3.8, 4) is 28.5 Å². The van der Waals surface area contributed by atoms with Gasteiger partial charge in [0.15, 0.2) is 17.5 Å². The van der Waals surface area contributed by atoms with Crippen molar-refractivity contribution in [2.24, 2.45) is 0 Å². The monoisotopic (exact) mass is 646 g/mol. The van der Waals surface area contributed by atoms with E-state index in [1.54, 1.807) is 6.08 Å². The summed E-state index contributed by atoms with van der Waals surface area (Å²) in [5.74, 6) is 1.84. The summed E-state index contributed by atoms with van der Waals surface area (Å²) in [7, 11) is 0. The first-order valence-electron chi connectivity index (χ1n) is 16.4. The molecule has 0 bridgehead atoms. The molecule has 0 saturated carbocycles. The minimum absolute atomic E-state index is 0.600. The Balaban J connectivity index is 1.35. The lowest BCUT2D eigenvalue weighted by molar-refractivity contribution is 1.04. The number of para-hydroxylation sites is 1. The highest BCUT2D eigenvalue weighted by molar-refractivity contribution is 7.27. The fraction of sp³-hybridized carbons (Fsp3) is 0.0227. The Labute approximate surface area is 287 Å². The largest absolute Gasteiger partial charge is 0.308 e. The number of nitrogens with zero attached hydrogens (tertiary/aromatic N) is 4. The van der Waals surface area contributed by atoms with Crippen molar-refractivity contribution in [3.63, 3.8) is 0 Å². The molecule has 49 heavy (non-hydrogen) atoms. The highest BCUT2D eigenvalue weighted by atomic mass is 32.1. The van der Waals surface area contributed by atoms with Crippen LogP contribution in [0, 0.1) is 0 Å². The van der Waals surface area contributed by atoms with E-state index in [9.17, 15) is 0 Å². The molecule has 0 amide bonds. The Hall–Kier alpha value is -6.17. The Morgan fingerprint density at radius 2 is 1.31 bits per heavy atom. The number of fused-ring (bicyclic) bond motifs is 10. The van der Waals surface area contributed by atoms with Gasteiger partial charge in [-0.25, -0.2) is 15.0 Å². The van der Waals surface area contributed by atoms with Gasteiger partial charge in [-0.3, -0.25) is 0 Å². The summed E-state index contributed by atoms with van der Waals surface area (Å²) in [6, 6.07) is 45.0. The smallest absolute Gasteiger partial charge is 0.164 e. The first-order chi connectivity index (χ1) is 24.2. The van der Waals surface area contributed by atoms with Gasteiger partial charge in [-0.05, 0) is 42.0 Å². The third-order valence-corrected chi connectivity index (χ3v) is 10.3. The SMILES string of the molecule is C=C/C=C(\C=C/C)c1nc(-c2ccccc2)nc(-c2cccc(-n3c4ccccc4c4c5ccccc5c5c6ccccc6sc5c43)c2)n1. The summed E-state index contributed by atoms with van der Waals surface area (Å²) < 4.78 is 5.01. The van der Waals surface area contributed by atoms with Crippen LogP contribution < -0.4 is 0 Å². The predicted octanol–water partition coefficient (Wildman–Crippen LogP) is 12.0. The number of benzene rings is 6. The van der Waals surface area contributed by atoms with Crippen LogP contribution in [0.5, 0.6) is 0 Å². The highest BCUT2D eigenvalue weighted by Crippen LogP contribution is 2.47. The van der Waals surface area contributed by atoms with Gasteiger partial charge in [-0.15, -0.1) is 11.3 Å². The third-order valence-electron chi connectivity index (χ3n) is 9.08. The molecule has 0 aliphatic carbocycles. The van der Waals surface area contributed by atoms with E-state index in [1.807, 2.05) is 66.8 Å². The van der Waals surface area contributed by atoms with Crippen molar-refractivity contribution in [3.05, 3.63) is 164 Å². The summed E-state index contributed by atoms with van der Waals surface area (Å²) in [6.45, 7) is 5.92. The number of aromatic nitrogens is 4. The molecule has 0 aliphatic heterocycles. The molecule has 0 spiro atoms. The number of rotatable bonds is 6. The van der Waals surface area contributed by atoms with E-state index in [0.717, 1.165) is 27.9 Å². The standard InChI is InChI=1S/C44H30N4S/c1-3-15-28(16-4-2)42-45-43(29-17-6-5-7-18-29)47-44(46-42)30-19-14-20-31(27-30)48-36-25-12-10-23-34(36)38-32-21-8-9-22-33(32)39-35-24-11-13-26-37(35)49-41(39)40(38)48/h3-27H,1H2,2H3/b16-4-,28-15+. The summed E-state index contributed by atoms with van der Waals surface area (Å²) in [6.07, 6.45) is 7.69. The van der Waals surface area contributed by atoms with E-state index in [2.05, 4.69) is 108 Å². The zero-order valence-electron chi connectivity index (χ0n) is 26.8. The minimum atomic E-state index is 0.600. The molecule has 9 rings (SSSR count). The number of thiophene rings is 1. The van der Waals surface area contributed by atoms with E-state index in [0.29, 0.717) is 17.5 Å². The molecule has 6 aromatic carbocycles. The van der Waals surface area contributed by atoms with Gasteiger partial charge >= 0.3 is 0 Å². The second-order valence-electron chi connectivity index (χ2n) is 12.0. The van der Waals surface area contributed by atoms with Gasteiger partial charge in [0.25, 0.3) is 0 Å². The topological polar surface area (TPSA) is 43.6 Å². The summed E-state index contributed by atoms with van der Waals surface area (Å²) >= 11 is 1.87. The summed E-state index contributed by atoms with van der Waals surface area (Å²) in [5.41, 5.74) is 6.15. The molecule has 0 N–H and O–H groups in total. The van der Waals surface area contributed by atoms with Crippen LogP contribution in [-0.4, -0.2) is 19.5 Å². The normalized spacial score (nSPS) is 12.3. The highest BCUT2D eigenvalue weighted by Gasteiger charge is 2.22. The van der Waals surface area contributed by atoms with Crippen molar-refractivity contribution in [1.82, 2.24) is 19.5 Å². The van der Waals surface area contributed by atoms with Crippen molar-refractivity contribution in [1.29, 1.82) is 0 Å². The van der Waals surface area contributed by atoms with Crippen LogP contribution in [0.1, 0.15) is 12.7 Å². The maximum atomic E-state index is 5.04. The molecule has 3 heterocycles. The zero-order valence-corrected chi connectivity index (χ0v) is 27.7. The fourth-order valence-corrected chi connectivity index (χ4v) is 8.30. The minimum Gasteiger partial charge on any atom is -0.308 e. The second-order valence-corrected chi connectivity index (χ2v) is 13.1. The Morgan fingerprint density at radius 1 is 0.653 bits per heavy atom. The second kappa shape index (κ2) is 11.8. The average molecular weight is 647 g/mol. The number of hydrogen-bond acceptors (Lipinski definition) is 4. The van der Waals surface area contributed by atoms with Crippen molar-refractivity contribution < 1.29 is 0 Å². The van der Waals surface area contributed by atoms with E-state index in [1.165, 1.54) is 47.2 Å². The molecule has 5 heteroatoms. The maximum Gasteiger partial charge on any atom is 0.164 e. The molecule has 0 fully saturated rings. The Morgan fingerprint density at radius 3 is 2.08 bits per heavy atom. The molecule has 0 aliphatic rings. The molecular formula is C44H30N4S. The van der Waals surface area contributed by atoms with Crippen molar-refractivity contribution in [2.75, 3.05) is 0 Å². The summed E-state index contributed by atoms with van der Waals surface area (Å²) in [4.78, 5) is 15.0. The molecule has 3 aromatic heterocycles. The predicted molar refractivity (Wildman–Crippen MR) is 208 cm³/mol. The van der Waals surface area contributed by atoms with E-state index in [-0.39, 0.29) is 0 Å². The number of hydrogen-bond donors (Lipinski definition) is 0. The van der Waals surface area contributed by atoms with Crippen molar-refractivity contribution in [2.45, 2.75) is 6.92 Å². The lowest BCUT2D eigenvalue weighted by Crippen LogP contribution is -2.03. The molecule has 0 atom stereocenters. The quantitative estimate of drug-likeness (QED) is 0.169. The van der Waals surface area contributed by atoms with Crippen LogP contribution in [0.2, 0.25) is 0 Å². The first-order valence-corrected chi connectivity index (χ1v) is 17.2. The van der Waals surface area contributed by atoms with Crippen LogP contribution in [-0.2, 0) is 0 Å². The number of allylic oxidation sites excluding steroid dienone is 5. The van der Waals surface area contributed by atoms with Gasteiger partial charge in [0.2, 0.25) is 0 Å². The Bertz CT molecular complexity index is 2800. The van der Waals surface area contributed by atoms with E-state index < -0.39 is 0 Å². The lowest BCUT2D eigenvalue weighted by atomic mass is 9.99. The van der Waals surface area contributed by atoms with Gasteiger partial charge in [-0.1, -0.05) is 134 Å². The van der Waals surface area contributed by atoms with Crippen molar-refractivity contribution >= 4 is 69.7 Å². The van der Waals surface area contributed by atoms with Gasteiger partial charge < -0.3 is 4.57 Å². The van der Waals surface area contributed by atoms with Crippen LogP contribution in [0.25, 0.3) is 86.8 Å². The van der Waals surface area contributed by atoms with Gasteiger partial charge in [0, 0.05) is 48.6 Å². The fourth-order valence-electron chi connectivity index (χ4n) is 7.04. The van der Waals surface area contributed by atoms with Crippen LogP contribution in [0.4, 0.5) is 0 Å². The van der Waals surface area contributed by atoms with Gasteiger partial charge in [0.05, 0.1) is 15.7 Å². The molecule has 232 valence electrons. The Kier molecular flexibility index (Phi) is 6.99. The molecular weight excluding hydrogens is 617 g/mol. The molecule has 0 unspecified atom stereocenters. The third kappa shape index (κ3) is 4.70. The molecule has 9 aromatic rings. The molecule has 0 saturated heterocycles. The lowest BCUT2D eigenvalue weighted by Gasteiger charge is -2.12. The van der Waals surface area contributed by atoms with Gasteiger partial charge in [0.1, 0.15) is 0 Å². The van der Waals surface area contributed by atoms with Crippen LogP contribution >= 0.6 is 11.3 Å². The van der Waals surface area contributed by atoms with Gasteiger partial charge in [-0.2, -0.15) is 0 Å². The molecule has 0 radical (unpaired) electrons. The summed E-state index contributed by atoms with van der Waals surface area (Å²) in [5, 5.41) is 7.66. The zero-order chi connectivity index (χ0) is 32.9. The van der Waals surface area contributed by atoms with Crippen LogP contribution in [0.15, 0.2) is 158 Å². The first kappa shape index (κ1) is 29.0. The average Bonchev–Trinajstić information content (AvgIpc) is 3.72.